The molecule has 0 saturated carbocycles. The number of carbonyl (C=O) groups excluding carboxylic acids is 1. The van der Waals surface area contributed by atoms with E-state index in [1.807, 2.05) is 11.8 Å². The Hall–Kier alpha value is -0.870. The lowest BCUT2D eigenvalue weighted by Gasteiger charge is -2.34. The average molecular weight is 267 g/mol. The zero-order valence-corrected chi connectivity index (χ0v) is 11.5. The van der Waals surface area contributed by atoms with E-state index < -0.39 is 5.82 Å². The number of thioether (sulfide) groups is 1. The van der Waals surface area contributed by atoms with Gasteiger partial charge in [0.2, 0.25) is 0 Å². The summed E-state index contributed by atoms with van der Waals surface area (Å²) in [5, 5.41) is 1.06. The molecule has 2 atom stereocenters. The molecule has 1 heterocycles. The van der Waals surface area contributed by atoms with Crippen molar-refractivity contribution >= 4 is 17.5 Å². The molecule has 0 aromatic heterocycles. The number of hydrogen-bond donors (Lipinski definition) is 0. The molecular formula is C14H18FNOS. The Labute approximate surface area is 112 Å². The molecule has 2 rings (SSSR count). The zero-order chi connectivity index (χ0) is 13.1. The number of halogens is 1. The maximum atomic E-state index is 13.5. The zero-order valence-electron chi connectivity index (χ0n) is 10.7. The lowest BCUT2D eigenvalue weighted by atomic mass is 10.1. The van der Waals surface area contributed by atoms with Gasteiger partial charge >= 0.3 is 0 Å². The van der Waals surface area contributed by atoms with Crippen LogP contribution in [0.15, 0.2) is 24.3 Å². The monoisotopic (exact) mass is 267 g/mol. The first-order valence-corrected chi connectivity index (χ1v) is 7.16. The Bertz CT molecular complexity index is 428. The first-order chi connectivity index (χ1) is 8.56. The fourth-order valence-corrected chi connectivity index (χ4v) is 3.78. The van der Waals surface area contributed by atoms with Crippen molar-refractivity contribution < 1.29 is 9.18 Å². The minimum atomic E-state index is -0.421. The maximum absolute atomic E-state index is 13.5. The molecule has 0 amide bonds. The van der Waals surface area contributed by atoms with E-state index in [1.54, 1.807) is 18.2 Å². The summed E-state index contributed by atoms with van der Waals surface area (Å²) in [5.74, 6) is -0.547. The van der Waals surface area contributed by atoms with E-state index in [0.717, 1.165) is 13.1 Å². The van der Waals surface area contributed by atoms with Crippen LogP contribution in [0, 0.1) is 5.82 Å². The molecule has 0 N–H and O–H groups in total. The van der Waals surface area contributed by atoms with Crippen LogP contribution in [0.25, 0.3) is 0 Å². The number of carbonyl (C=O) groups is 1. The molecule has 1 aromatic rings. The van der Waals surface area contributed by atoms with E-state index in [9.17, 15) is 9.18 Å². The van der Waals surface area contributed by atoms with E-state index in [0.29, 0.717) is 17.0 Å². The molecule has 1 aromatic carbocycles. The van der Waals surface area contributed by atoms with Crippen LogP contribution < -0.4 is 0 Å². The van der Waals surface area contributed by atoms with Crippen LogP contribution >= 0.6 is 11.8 Å². The van der Waals surface area contributed by atoms with Gasteiger partial charge in [-0.05, 0) is 12.1 Å². The summed E-state index contributed by atoms with van der Waals surface area (Å²) >= 11 is 1.94. The molecule has 1 aliphatic heterocycles. The summed E-state index contributed by atoms with van der Waals surface area (Å²) in [6, 6.07) is 6.20. The van der Waals surface area contributed by atoms with Crippen LogP contribution in [0.1, 0.15) is 24.2 Å². The van der Waals surface area contributed by atoms with E-state index >= 15 is 0 Å². The highest BCUT2D eigenvalue weighted by molar-refractivity contribution is 8.00. The topological polar surface area (TPSA) is 20.3 Å². The molecule has 0 aliphatic carbocycles. The van der Waals surface area contributed by atoms with Crippen molar-refractivity contribution in [2.45, 2.75) is 24.3 Å². The van der Waals surface area contributed by atoms with Crippen LogP contribution in [0.4, 0.5) is 4.39 Å². The van der Waals surface area contributed by atoms with E-state index in [1.165, 1.54) is 6.07 Å². The van der Waals surface area contributed by atoms with Gasteiger partial charge in [0, 0.05) is 23.6 Å². The molecule has 18 heavy (non-hydrogen) atoms. The molecule has 0 bridgehead atoms. The number of benzene rings is 1. The number of Topliss-reactive ketones (excluding diaryl/α,β-unsaturated/α-hetero) is 1. The third kappa shape index (κ3) is 3.33. The normalized spacial score (nSPS) is 25.1. The maximum Gasteiger partial charge on any atom is 0.179 e. The molecule has 4 heteroatoms. The van der Waals surface area contributed by atoms with Gasteiger partial charge < -0.3 is 0 Å². The van der Waals surface area contributed by atoms with Crippen molar-refractivity contribution in [1.82, 2.24) is 4.90 Å². The fraction of sp³-hybridized carbons (Fsp3) is 0.500. The van der Waals surface area contributed by atoms with Gasteiger partial charge in [0.25, 0.3) is 0 Å². The molecule has 1 fully saturated rings. The Morgan fingerprint density at radius 1 is 1.33 bits per heavy atom. The molecule has 0 radical (unpaired) electrons. The molecule has 98 valence electrons. The van der Waals surface area contributed by atoms with Crippen molar-refractivity contribution in [3.05, 3.63) is 35.6 Å². The van der Waals surface area contributed by atoms with Gasteiger partial charge in [-0.2, -0.15) is 11.8 Å². The van der Waals surface area contributed by atoms with Crippen LogP contribution in [0.5, 0.6) is 0 Å². The summed E-state index contributed by atoms with van der Waals surface area (Å²) in [7, 11) is 0. The smallest absolute Gasteiger partial charge is 0.179 e. The summed E-state index contributed by atoms with van der Waals surface area (Å²) in [5.41, 5.74) is 0.205. The lowest BCUT2D eigenvalue weighted by molar-refractivity contribution is 0.0926. The van der Waals surface area contributed by atoms with Gasteiger partial charge in [0.1, 0.15) is 5.82 Å². The Morgan fingerprint density at radius 3 is 2.56 bits per heavy atom. The number of ketones is 1. The van der Waals surface area contributed by atoms with Gasteiger partial charge in [0.15, 0.2) is 5.78 Å². The van der Waals surface area contributed by atoms with Crippen LogP contribution in [0.3, 0.4) is 0 Å². The van der Waals surface area contributed by atoms with Gasteiger partial charge in [-0.25, -0.2) is 4.39 Å². The Morgan fingerprint density at radius 2 is 1.94 bits per heavy atom. The highest BCUT2D eigenvalue weighted by atomic mass is 32.2. The summed E-state index contributed by atoms with van der Waals surface area (Å²) in [6.07, 6.45) is 0. The predicted molar refractivity (Wildman–Crippen MR) is 73.7 cm³/mol. The lowest BCUT2D eigenvalue weighted by Crippen LogP contribution is -2.43. The average Bonchev–Trinajstić information content (AvgIpc) is 2.27. The molecular weight excluding hydrogens is 249 g/mol. The third-order valence-corrected chi connectivity index (χ3v) is 4.26. The van der Waals surface area contributed by atoms with Crippen molar-refractivity contribution in [3.8, 4) is 0 Å². The van der Waals surface area contributed by atoms with Crippen molar-refractivity contribution in [2.75, 3.05) is 19.6 Å². The molecule has 0 spiro atoms. The van der Waals surface area contributed by atoms with Gasteiger partial charge in [-0.15, -0.1) is 0 Å². The van der Waals surface area contributed by atoms with Gasteiger partial charge in [-0.3, -0.25) is 9.69 Å². The second kappa shape index (κ2) is 5.85. The SMILES string of the molecule is CC1CN(CC(=O)c2ccccc2F)CC(C)S1. The van der Waals surface area contributed by atoms with Crippen LogP contribution in [-0.4, -0.2) is 40.8 Å². The van der Waals surface area contributed by atoms with Gasteiger partial charge in [-0.1, -0.05) is 26.0 Å². The first kappa shape index (κ1) is 13.6. The highest BCUT2D eigenvalue weighted by Gasteiger charge is 2.24. The van der Waals surface area contributed by atoms with Gasteiger partial charge in [0.05, 0.1) is 12.1 Å². The Kier molecular flexibility index (Phi) is 4.40. The molecule has 1 saturated heterocycles. The van der Waals surface area contributed by atoms with E-state index in [2.05, 4.69) is 18.7 Å². The van der Waals surface area contributed by atoms with Crippen molar-refractivity contribution in [3.63, 3.8) is 0 Å². The standard InChI is InChI=1S/C14H18FNOS/c1-10-7-16(8-11(2)18-10)9-14(17)12-5-3-4-6-13(12)15/h3-6,10-11H,7-9H2,1-2H3. The fourth-order valence-electron chi connectivity index (χ4n) is 2.39. The summed E-state index contributed by atoms with van der Waals surface area (Å²) in [4.78, 5) is 14.2. The number of hydrogen-bond acceptors (Lipinski definition) is 3. The Balaban J connectivity index is 2.01. The van der Waals surface area contributed by atoms with Crippen molar-refractivity contribution in [2.24, 2.45) is 0 Å². The largest absolute Gasteiger partial charge is 0.294 e. The molecule has 2 nitrogen and oxygen atoms in total. The molecule has 2 unspecified atom stereocenters. The second-order valence-electron chi connectivity index (χ2n) is 4.85. The van der Waals surface area contributed by atoms with Crippen LogP contribution in [0.2, 0.25) is 0 Å². The highest BCUT2D eigenvalue weighted by Crippen LogP contribution is 2.24. The second-order valence-corrected chi connectivity index (χ2v) is 6.74. The van der Waals surface area contributed by atoms with Crippen molar-refractivity contribution in [1.29, 1.82) is 0 Å². The molecule has 1 aliphatic rings. The predicted octanol–water partition coefficient (Wildman–Crippen LogP) is 2.83. The van der Waals surface area contributed by atoms with E-state index in [4.69, 9.17) is 0 Å². The van der Waals surface area contributed by atoms with E-state index in [-0.39, 0.29) is 11.3 Å². The minimum Gasteiger partial charge on any atom is -0.294 e. The summed E-state index contributed by atoms with van der Waals surface area (Å²) < 4.78 is 13.5. The number of nitrogens with zero attached hydrogens (tertiary/aromatic N) is 1. The van der Waals surface area contributed by atoms with Crippen LogP contribution in [-0.2, 0) is 0 Å². The number of rotatable bonds is 3. The summed E-state index contributed by atoms with van der Waals surface area (Å²) in [6.45, 7) is 6.45. The third-order valence-electron chi connectivity index (χ3n) is 3.04. The minimum absolute atomic E-state index is 0.126. The quantitative estimate of drug-likeness (QED) is 0.785. The first-order valence-electron chi connectivity index (χ1n) is 6.22.